The number of piperidine rings is 1. The molecule has 0 aliphatic carbocycles. The van der Waals surface area contributed by atoms with Gasteiger partial charge >= 0.3 is 5.63 Å². The lowest BCUT2D eigenvalue weighted by atomic mass is 9.95. The van der Waals surface area contributed by atoms with Gasteiger partial charge in [-0.3, -0.25) is 9.78 Å². The molecule has 6 heteroatoms. The highest BCUT2D eigenvalue weighted by Crippen LogP contribution is 2.23. The van der Waals surface area contributed by atoms with Gasteiger partial charge < -0.3 is 15.1 Å². The van der Waals surface area contributed by atoms with Crippen LogP contribution < -0.4 is 16.3 Å². The molecule has 0 radical (unpaired) electrons. The Morgan fingerprint density at radius 3 is 3.00 bits per heavy atom. The van der Waals surface area contributed by atoms with Crippen LogP contribution in [0.25, 0.3) is 0 Å². The molecule has 6 nitrogen and oxygen atoms in total. The van der Waals surface area contributed by atoms with Crippen molar-refractivity contribution in [2.75, 3.05) is 19.6 Å². The summed E-state index contributed by atoms with van der Waals surface area (Å²) in [6.07, 6.45) is 5.35. The van der Waals surface area contributed by atoms with Gasteiger partial charge in [0.05, 0.1) is 0 Å². The van der Waals surface area contributed by atoms with E-state index in [0.717, 1.165) is 44.5 Å². The van der Waals surface area contributed by atoms with Crippen LogP contribution in [-0.2, 0) is 6.42 Å². The second-order valence-electron chi connectivity index (χ2n) is 6.72. The molecule has 3 heterocycles. The van der Waals surface area contributed by atoms with Crippen molar-refractivity contribution in [2.24, 2.45) is 0 Å². The molecule has 1 atom stereocenters. The molecule has 2 aromatic heterocycles. The number of nitrogens with zero attached hydrogens (tertiary/aromatic N) is 1. The Labute approximate surface area is 153 Å². The van der Waals surface area contributed by atoms with E-state index >= 15 is 0 Å². The summed E-state index contributed by atoms with van der Waals surface area (Å²) >= 11 is 0. The van der Waals surface area contributed by atoms with E-state index in [4.69, 9.17) is 4.42 Å². The summed E-state index contributed by atoms with van der Waals surface area (Å²) in [7, 11) is 0. The summed E-state index contributed by atoms with van der Waals surface area (Å²) in [6.45, 7) is 4.09. The third kappa shape index (κ3) is 4.58. The monoisotopic (exact) mass is 355 g/mol. The van der Waals surface area contributed by atoms with E-state index in [1.54, 1.807) is 13.1 Å². The number of carbonyl (C=O) groups excluding carboxylic acids is 1. The molecule has 0 saturated carbocycles. The Balaban J connectivity index is 1.59. The van der Waals surface area contributed by atoms with Crippen molar-refractivity contribution < 1.29 is 9.21 Å². The SMILES string of the molecule is Cc1cc(C2CCCNC2)oc(=O)c1C(=O)NCCCc1ccccn1. The lowest BCUT2D eigenvalue weighted by Gasteiger charge is -2.22. The maximum Gasteiger partial charge on any atom is 0.349 e. The highest BCUT2D eigenvalue weighted by Gasteiger charge is 2.22. The van der Waals surface area contributed by atoms with Gasteiger partial charge in [0.2, 0.25) is 0 Å². The van der Waals surface area contributed by atoms with Gasteiger partial charge in [0.25, 0.3) is 5.91 Å². The van der Waals surface area contributed by atoms with Crippen molar-refractivity contribution in [1.29, 1.82) is 0 Å². The zero-order valence-electron chi connectivity index (χ0n) is 15.1. The Morgan fingerprint density at radius 1 is 1.42 bits per heavy atom. The van der Waals surface area contributed by atoms with E-state index < -0.39 is 5.63 Å². The lowest BCUT2D eigenvalue weighted by Crippen LogP contribution is -2.32. The number of nitrogens with one attached hydrogen (secondary N) is 2. The lowest BCUT2D eigenvalue weighted by molar-refractivity contribution is 0.0948. The first-order valence-corrected chi connectivity index (χ1v) is 9.18. The second kappa shape index (κ2) is 8.76. The van der Waals surface area contributed by atoms with Gasteiger partial charge in [0.15, 0.2) is 0 Å². The first-order valence-electron chi connectivity index (χ1n) is 9.18. The molecule has 1 amide bonds. The van der Waals surface area contributed by atoms with Crippen LogP contribution in [0.2, 0.25) is 0 Å². The van der Waals surface area contributed by atoms with Gasteiger partial charge in [-0.05, 0) is 62.9 Å². The molecule has 1 aliphatic heterocycles. The molecule has 0 bridgehead atoms. The quantitative estimate of drug-likeness (QED) is 0.776. The standard InChI is InChI=1S/C20H25N3O3/c1-14-12-17(15-6-4-9-21-13-15)26-20(25)18(14)19(24)23-11-5-8-16-7-2-3-10-22-16/h2-3,7,10,12,15,21H,4-6,8-9,11,13H2,1H3,(H,23,24). The summed E-state index contributed by atoms with van der Waals surface area (Å²) in [6, 6.07) is 7.61. The van der Waals surface area contributed by atoms with Crippen LogP contribution in [-0.4, -0.2) is 30.5 Å². The molecule has 1 saturated heterocycles. The third-order valence-electron chi connectivity index (χ3n) is 4.72. The number of pyridine rings is 1. The Bertz CT molecular complexity index is 796. The van der Waals surface area contributed by atoms with Crippen molar-refractivity contribution >= 4 is 5.91 Å². The van der Waals surface area contributed by atoms with E-state index in [9.17, 15) is 9.59 Å². The molecular formula is C20H25N3O3. The van der Waals surface area contributed by atoms with E-state index in [-0.39, 0.29) is 17.4 Å². The Kier molecular flexibility index (Phi) is 6.17. The van der Waals surface area contributed by atoms with Crippen molar-refractivity contribution in [3.8, 4) is 0 Å². The van der Waals surface area contributed by atoms with E-state index in [2.05, 4.69) is 15.6 Å². The average Bonchev–Trinajstić information content (AvgIpc) is 2.66. The summed E-state index contributed by atoms with van der Waals surface area (Å²) in [4.78, 5) is 29.0. The predicted molar refractivity (Wildman–Crippen MR) is 99.5 cm³/mol. The molecule has 2 N–H and O–H groups in total. The number of amides is 1. The van der Waals surface area contributed by atoms with Crippen LogP contribution in [0, 0.1) is 6.92 Å². The van der Waals surface area contributed by atoms with Crippen LogP contribution in [0.3, 0.4) is 0 Å². The second-order valence-corrected chi connectivity index (χ2v) is 6.72. The number of hydrogen-bond donors (Lipinski definition) is 2. The maximum atomic E-state index is 12.4. The Morgan fingerprint density at radius 2 is 2.31 bits per heavy atom. The van der Waals surface area contributed by atoms with Crippen molar-refractivity contribution in [1.82, 2.24) is 15.6 Å². The number of aryl methyl sites for hydroxylation is 2. The van der Waals surface area contributed by atoms with Crippen molar-refractivity contribution in [3.05, 3.63) is 63.5 Å². The average molecular weight is 355 g/mol. The van der Waals surface area contributed by atoms with Gasteiger partial charge in [-0.15, -0.1) is 0 Å². The molecule has 2 aromatic rings. The summed E-state index contributed by atoms with van der Waals surface area (Å²) in [5, 5.41) is 6.12. The minimum atomic E-state index is -0.548. The normalized spacial score (nSPS) is 17.0. The smallest absolute Gasteiger partial charge is 0.349 e. The fraction of sp³-hybridized carbons (Fsp3) is 0.450. The van der Waals surface area contributed by atoms with Gasteiger partial charge in [-0.2, -0.15) is 0 Å². The van der Waals surface area contributed by atoms with Gasteiger partial charge in [0, 0.05) is 30.9 Å². The molecule has 138 valence electrons. The van der Waals surface area contributed by atoms with E-state index in [1.165, 1.54) is 0 Å². The maximum absolute atomic E-state index is 12.4. The van der Waals surface area contributed by atoms with Gasteiger partial charge in [0.1, 0.15) is 11.3 Å². The van der Waals surface area contributed by atoms with Crippen LogP contribution in [0.1, 0.15) is 52.6 Å². The fourth-order valence-corrected chi connectivity index (χ4v) is 3.31. The van der Waals surface area contributed by atoms with Crippen LogP contribution >= 0.6 is 0 Å². The van der Waals surface area contributed by atoms with E-state index in [1.807, 2.05) is 24.3 Å². The minimum absolute atomic E-state index is 0.107. The third-order valence-corrected chi connectivity index (χ3v) is 4.72. The molecule has 0 aromatic carbocycles. The summed E-state index contributed by atoms with van der Waals surface area (Å²) in [5.41, 5.74) is 1.22. The van der Waals surface area contributed by atoms with E-state index in [0.29, 0.717) is 17.9 Å². The van der Waals surface area contributed by atoms with Crippen LogP contribution in [0.15, 0.2) is 39.7 Å². The molecular weight excluding hydrogens is 330 g/mol. The summed E-state index contributed by atoms with van der Waals surface area (Å²) in [5.74, 6) is 0.502. The molecule has 3 rings (SSSR count). The zero-order chi connectivity index (χ0) is 18.4. The topological polar surface area (TPSA) is 84.2 Å². The number of carbonyl (C=O) groups is 1. The number of hydrogen-bond acceptors (Lipinski definition) is 5. The Hall–Kier alpha value is -2.47. The van der Waals surface area contributed by atoms with Gasteiger partial charge in [-0.25, -0.2) is 4.79 Å². The molecule has 1 fully saturated rings. The number of rotatable bonds is 6. The first kappa shape index (κ1) is 18.3. The van der Waals surface area contributed by atoms with Crippen LogP contribution in [0.5, 0.6) is 0 Å². The highest BCUT2D eigenvalue weighted by molar-refractivity contribution is 5.95. The summed E-state index contributed by atoms with van der Waals surface area (Å²) < 4.78 is 5.46. The number of aromatic nitrogens is 1. The minimum Gasteiger partial charge on any atom is -0.427 e. The fourth-order valence-electron chi connectivity index (χ4n) is 3.31. The largest absolute Gasteiger partial charge is 0.427 e. The molecule has 1 aliphatic rings. The van der Waals surface area contributed by atoms with Gasteiger partial charge in [-0.1, -0.05) is 6.07 Å². The zero-order valence-corrected chi connectivity index (χ0v) is 15.1. The highest BCUT2D eigenvalue weighted by atomic mass is 16.4. The molecule has 26 heavy (non-hydrogen) atoms. The molecule has 0 spiro atoms. The molecule has 1 unspecified atom stereocenters. The van der Waals surface area contributed by atoms with Crippen molar-refractivity contribution in [2.45, 2.75) is 38.5 Å². The van der Waals surface area contributed by atoms with Crippen LogP contribution in [0.4, 0.5) is 0 Å². The van der Waals surface area contributed by atoms with Crippen molar-refractivity contribution in [3.63, 3.8) is 0 Å². The predicted octanol–water partition coefficient (Wildman–Crippen LogP) is 2.17. The first-order chi connectivity index (χ1) is 12.6.